The molecule has 138 valence electrons. The summed E-state index contributed by atoms with van der Waals surface area (Å²) < 4.78 is 0. The van der Waals surface area contributed by atoms with Crippen LogP contribution >= 0.6 is 11.8 Å². The Morgan fingerprint density at radius 3 is 2.33 bits per heavy atom. The molecule has 0 fully saturated rings. The summed E-state index contributed by atoms with van der Waals surface area (Å²) in [6.07, 6.45) is 3.21. The summed E-state index contributed by atoms with van der Waals surface area (Å²) in [4.78, 5) is 10.7. The molecule has 0 radical (unpaired) electrons. The minimum atomic E-state index is -0.920. The normalized spacial score (nSPS) is 12.9. The Hall–Kier alpha value is -2.30. The summed E-state index contributed by atoms with van der Waals surface area (Å²) in [5.74, 6) is 0.511. The number of benzene rings is 4. The first-order valence-electron chi connectivity index (χ1n) is 9.36. The minimum Gasteiger partial charge on any atom is -0.480 e. The van der Waals surface area contributed by atoms with Crippen LogP contribution in [0.3, 0.4) is 0 Å². The molecule has 0 saturated carbocycles. The average molecular weight is 378 g/mol. The van der Waals surface area contributed by atoms with Gasteiger partial charge >= 0.3 is 5.97 Å². The van der Waals surface area contributed by atoms with Gasteiger partial charge in [0.15, 0.2) is 0 Å². The van der Waals surface area contributed by atoms with Crippen LogP contribution in [-0.4, -0.2) is 28.6 Å². The first-order valence-corrected chi connectivity index (χ1v) is 10.5. The van der Waals surface area contributed by atoms with Gasteiger partial charge in [-0.2, -0.15) is 11.8 Å². The summed E-state index contributed by atoms with van der Waals surface area (Å²) in [7, 11) is 0. The van der Waals surface area contributed by atoms with Gasteiger partial charge in [0.05, 0.1) is 0 Å². The van der Waals surface area contributed by atoms with E-state index in [1.54, 1.807) is 11.8 Å². The van der Waals surface area contributed by atoms with Crippen molar-refractivity contribution in [1.29, 1.82) is 0 Å². The molecule has 0 aliphatic carbocycles. The van der Waals surface area contributed by atoms with Gasteiger partial charge in [-0.15, -0.1) is 0 Å². The summed E-state index contributed by atoms with van der Waals surface area (Å²) in [6, 6.07) is 19.2. The van der Waals surface area contributed by atoms with E-state index in [4.69, 9.17) is 10.8 Å². The number of hydrogen-bond acceptors (Lipinski definition) is 3. The van der Waals surface area contributed by atoms with E-state index < -0.39 is 12.0 Å². The molecule has 3 nitrogen and oxygen atoms in total. The molecule has 0 amide bonds. The second-order valence-electron chi connectivity index (χ2n) is 7.06. The van der Waals surface area contributed by atoms with Gasteiger partial charge < -0.3 is 10.8 Å². The third-order valence-electron chi connectivity index (χ3n) is 5.22. The highest BCUT2D eigenvalue weighted by atomic mass is 32.2. The molecule has 0 unspecified atom stereocenters. The molecule has 0 heterocycles. The lowest BCUT2D eigenvalue weighted by atomic mass is 9.91. The maximum Gasteiger partial charge on any atom is 0.321 e. The van der Waals surface area contributed by atoms with E-state index in [2.05, 4.69) is 54.6 Å². The molecule has 0 bridgehead atoms. The van der Waals surface area contributed by atoms with Gasteiger partial charge in [-0.1, -0.05) is 54.6 Å². The number of thioether (sulfide) groups is 1. The minimum absolute atomic E-state index is 0.480. The van der Waals surface area contributed by atoms with Crippen molar-refractivity contribution in [3.05, 3.63) is 60.2 Å². The lowest BCUT2D eigenvalue weighted by Gasteiger charge is -2.14. The zero-order chi connectivity index (χ0) is 18.8. The number of nitrogens with two attached hydrogens (primary N) is 1. The Balaban J connectivity index is 1.49. The number of aliphatic carboxylic acids is 1. The van der Waals surface area contributed by atoms with E-state index in [0.29, 0.717) is 5.75 Å². The zero-order valence-electron chi connectivity index (χ0n) is 15.2. The number of carboxylic acids is 1. The van der Waals surface area contributed by atoms with Crippen molar-refractivity contribution < 1.29 is 9.90 Å². The second kappa shape index (κ2) is 7.75. The largest absolute Gasteiger partial charge is 0.480 e. The quantitative estimate of drug-likeness (QED) is 0.333. The van der Waals surface area contributed by atoms with Crippen molar-refractivity contribution in [1.82, 2.24) is 0 Å². The molecule has 0 aliphatic heterocycles. The number of rotatable bonds is 8. The van der Waals surface area contributed by atoms with E-state index in [9.17, 15) is 4.79 Å². The number of unbranched alkanes of at least 4 members (excludes halogenated alkanes) is 1. The van der Waals surface area contributed by atoms with Crippen LogP contribution in [0, 0.1) is 0 Å². The number of carbonyl (C=O) groups is 1. The van der Waals surface area contributed by atoms with Crippen LogP contribution in [0.2, 0.25) is 0 Å². The van der Waals surface area contributed by atoms with Crippen LogP contribution in [0.15, 0.2) is 54.6 Å². The maximum absolute atomic E-state index is 10.7. The summed E-state index contributed by atoms with van der Waals surface area (Å²) in [5.41, 5.74) is 6.93. The first-order chi connectivity index (χ1) is 13.1. The van der Waals surface area contributed by atoms with Crippen LogP contribution in [0.1, 0.15) is 18.4 Å². The van der Waals surface area contributed by atoms with Crippen molar-refractivity contribution in [2.24, 2.45) is 5.73 Å². The van der Waals surface area contributed by atoms with Gasteiger partial charge in [-0.25, -0.2) is 0 Å². The summed E-state index contributed by atoms with van der Waals surface area (Å²) >= 11 is 1.63. The topological polar surface area (TPSA) is 63.3 Å². The molecule has 4 aromatic rings. The fourth-order valence-corrected chi connectivity index (χ4v) is 4.79. The number of hydrogen-bond donors (Lipinski definition) is 2. The molecular formula is C23H23NO2S. The van der Waals surface area contributed by atoms with Gasteiger partial charge in [-0.3, -0.25) is 4.79 Å². The summed E-state index contributed by atoms with van der Waals surface area (Å²) in [6.45, 7) is 0. The predicted octanol–water partition coefficient (Wildman–Crippen LogP) is 5.05. The molecule has 27 heavy (non-hydrogen) atoms. The molecule has 4 rings (SSSR count). The van der Waals surface area contributed by atoms with Crippen LogP contribution in [-0.2, 0) is 11.2 Å². The molecule has 0 aliphatic rings. The monoisotopic (exact) mass is 377 g/mol. The molecular weight excluding hydrogens is 354 g/mol. The molecule has 4 heteroatoms. The van der Waals surface area contributed by atoms with Gasteiger partial charge in [0.1, 0.15) is 6.04 Å². The Kier molecular flexibility index (Phi) is 5.19. The van der Waals surface area contributed by atoms with E-state index >= 15 is 0 Å². The van der Waals surface area contributed by atoms with Crippen LogP contribution in [0.4, 0.5) is 0 Å². The highest BCUT2D eigenvalue weighted by Gasteiger charge is 2.12. The highest BCUT2D eigenvalue weighted by molar-refractivity contribution is 7.99. The smallest absolute Gasteiger partial charge is 0.321 e. The van der Waals surface area contributed by atoms with Crippen molar-refractivity contribution in [2.45, 2.75) is 25.3 Å². The molecule has 1 atom stereocenters. The van der Waals surface area contributed by atoms with Gasteiger partial charge in [0, 0.05) is 5.75 Å². The van der Waals surface area contributed by atoms with Crippen molar-refractivity contribution in [3.8, 4) is 0 Å². The Morgan fingerprint density at radius 1 is 0.926 bits per heavy atom. The third-order valence-corrected chi connectivity index (χ3v) is 6.39. The van der Waals surface area contributed by atoms with E-state index in [-0.39, 0.29) is 0 Å². The Morgan fingerprint density at radius 2 is 1.59 bits per heavy atom. The molecule has 0 saturated heterocycles. The van der Waals surface area contributed by atoms with Crippen LogP contribution in [0.5, 0.6) is 0 Å². The Bertz CT molecular complexity index is 1080. The van der Waals surface area contributed by atoms with Crippen molar-refractivity contribution >= 4 is 50.0 Å². The zero-order valence-corrected chi connectivity index (χ0v) is 16.0. The molecule has 0 spiro atoms. The molecule has 0 aromatic heterocycles. The average Bonchev–Trinajstić information content (AvgIpc) is 2.69. The van der Waals surface area contributed by atoms with Gasteiger partial charge in [-0.05, 0) is 62.9 Å². The highest BCUT2D eigenvalue weighted by Crippen LogP contribution is 2.36. The molecule has 3 N–H and O–H groups in total. The fourth-order valence-electron chi connectivity index (χ4n) is 3.81. The third kappa shape index (κ3) is 3.60. The maximum atomic E-state index is 10.7. The molecule has 4 aromatic carbocycles. The number of aryl methyl sites for hydroxylation is 1. The Labute approximate surface area is 162 Å². The van der Waals surface area contributed by atoms with Crippen LogP contribution < -0.4 is 5.73 Å². The van der Waals surface area contributed by atoms with Gasteiger partial charge in [0.2, 0.25) is 0 Å². The lowest BCUT2D eigenvalue weighted by Crippen LogP contribution is -2.32. The van der Waals surface area contributed by atoms with E-state index in [1.165, 1.54) is 37.9 Å². The van der Waals surface area contributed by atoms with Crippen LogP contribution in [0.25, 0.3) is 32.3 Å². The first kappa shape index (κ1) is 18.1. The summed E-state index contributed by atoms with van der Waals surface area (Å²) in [5, 5.41) is 16.8. The standard InChI is InChI=1S/C23H23NO2S/c24-20(23(25)26)14-27-13-2-1-4-15-7-8-18-10-9-16-5-3-6-17-11-12-19(15)22(18)21(16)17/h3,5-12,20H,1-2,4,13-14,24H2,(H,25,26)/t20-/m0/s1. The van der Waals surface area contributed by atoms with E-state index in [1.807, 2.05) is 0 Å². The SMILES string of the molecule is N[C@@H](CSCCCCc1ccc2ccc3cccc4ccc1c2c34)C(=O)O. The number of carboxylic acid groups (broad SMARTS) is 1. The predicted molar refractivity (Wildman–Crippen MR) is 116 cm³/mol. The van der Waals surface area contributed by atoms with Gasteiger partial charge in [0.25, 0.3) is 0 Å². The lowest BCUT2D eigenvalue weighted by molar-refractivity contribution is -0.137. The van der Waals surface area contributed by atoms with Crippen molar-refractivity contribution in [3.63, 3.8) is 0 Å². The fraction of sp³-hybridized carbons (Fsp3) is 0.261. The second-order valence-corrected chi connectivity index (χ2v) is 8.21. The van der Waals surface area contributed by atoms with Crippen molar-refractivity contribution in [2.75, 3.05) is 11.5 Å². The van der Waals surface area contributed by atoms with E-state index in [0.717, 1.165) is 25.0 Å².